The minimum Gasteiger partial charge on any atom is -0.379 e. The molecule has 1 fully saturated rings. The summed E-state index contributed by atoms with van der Waals surface area (Å²) < 4.78 is 5.36. The van der Waals surface area contributed by atoms with Crippen LogP contribution >= 0.6 is 0 Å². The molecule has 10 heteroatoms. The number of H-pyrrole nitrogens is 1. The van der Waals surface area contributed by atoms with Gasteiger partial charge in [-0.3, -0.25) is 9.88 Å². The fourth-order valence-corrected chi connectivity index (χ4v) is 2.66. The maximum absolute atomic E-state index is 5.36. The van der Waals surface area contributed by atoms with Crippen molar-refractivity contribution in [3.63, 3.8) is 0 Å². The minimum absolute atomic E-state index is 0.548. The van der Waals surface area contributed by atoms with Crippen LogP contribution in [-0.2, 0) is 4.74 Å². The molecule has 1 saturated heterocycles. The van der Waals surface area contributed by atoms with Crippen LogP contribution in [0.5, 0.6) is 0 Å². The normalized spacial score (nSPS) is 15.4. The molecule has 0 saturated carbocycles. The molecule has 0 aliphatic carbocycles. The Hall–Kier alpha value is -2.85. The molecule has 130 valence electrons. The molecule has 0 unspecified atom stereocenters. The van der Waals surface area contributed by atoms with Crippen molar-refractivity contribution in [1.29, 1.82) is 0 Å². The first-order valence-electron chi connectivity index (χ1n) is 8.16. The average Bonchev–Trinajstić information content (AvgIpc) is 3.07. The van der Waals surface area contributed by atoms with Crippen molar-refractivity contribution < 1.29 is 4.74 Å². The van der Waals surface area contributed by atoms with Crippen LogP contribution in [0.25, 0.3) is 11.2 Å². The molecule has 1 aliphatic rings. The number of imidazole rings is 1. The molecule has 3 aromatic heterocycles. The summed E-state index contributed by atoms with van der Waals surface area (Å²) in [6.07, 6.45) is 6.36. The quantitative estimate of drug-likeness (QED) is 0.593. The Morgan fingerprint density at radius 2 is 2.08 bits per heavy atom. The lowest BCUT2D eigenvalue weighted by Gasteiger charge is -2.26. The second-order valence-corrected chi connectivity index (χ2v) is 5.60. The van der Waals surface area contributed by atoms with Gasteiger partial charge in [0.25, 0.3) is 0 Å². The van der Waals surface area contributed by atoms with E-state index >= 15 is 0 Å². The summed E-state index contributed by atoms with van der Waals surface area (Å²) in [4.78, 5) is 26.7. The van der Waals surface area contributed by atoms with Crippen molar-refractivity contribution in [2.75, 3.05) is 50.0 Å². The standard InChI is InChI=1S/C15H19N9O/c1-2-17-11(9-16-1)21-15-22-12-13(19-10-20-14(12)23-15)18-3-4-24-5-7-25-8-6-24/h1-2,9-10H,3-8H2,(H3,17,18,19,20,21,22,23). The molecule has 3 N–H and O–H groups in total. The summed E-state index contributed by atoms with van der Waals surface area (Å²) in [6, 6.07) is 0. The van der Waals surface area contributed by atoms with Gasteiger partial charge in [0.05, 0.1) is 19.4 Å². The van der Waals surface area contributed by atoms with E-state index in [0.29, 0.717) is 17.4 Å². The highest BCUT2D eigenvalue weighted by molar-refractivity contribution is 5.84. The van der Waals surface area contributed by atoms with Crippen LogP contribution in [0.3, 0.4) is 0 Å². The van der Waals surface area contributed by atoms with E-state index in [2.05, 4.69) is 45.4 Å². The number of hydrogen-bond donors (Lipinski definition) is 3. The minimum atomic E-state index is 0.548. The maximum atomic E-state index is 5.36. The third-order valence-corrected chi connectivity index (χ3v) is 3.92. The molecule has 0 aromatic carbocycles. The SMILES string of the molecule is c1cnc(Nc2nc3ncnc(NCCN4CCOCC4)c3[nH]2)cn1. The Kier molecular flexibility index (Phi) is 4.61. The van der Waals surface area contributed by atoms with Crippen molar-refractivity contribution >= 4 is 28.7 Å². The first-order valence-corrected chi connectivity index (χ1v) is 8.16. The van der Waals surface area contributed by atoms with Crippen LogP contribution < -0.4 is 10.6 Å². The molecule has 4 rings (SSSR count). The molecule has 3 aromatic rings. The van der Waals surface area contributed by atoms with E-state index in [4.69, 9.17) is 4.74 Å². The van der Waals surface area contributed by atoms with Crippen molar-refractivity contribution in [1.82, 2.24) is 34.8 Å². The molecule has 0 atom stereocenters. The largest absolute Gasteiger partial charge is 0.379 e. The van der Waals surface area contributed by atoms with Crippen LogP contribution in [0.2, 0.25) is 0 Å². The van der Waals surface area contributed by atoms with Crippen LogP contribution in [0.15, 0.2) is 24.9 Å². The van der Waals surface area contributed by atoms with Gasteiger partial charge < -0.3 is 20.4 Å². The van der Waals surface area contributed by atoms with E-state index in [1.165, 1.54) is 6.33 Å². The Morgan fingerprint density at radius 3 is 2.92 bits per heavy atom. The van der Waals surface area contributed by atoms with E-state index in [-0.39, 0.29) is 0 Å². The maximum Gasteiger partial charge on any atom is 0.208 e. The van der Waals surface area contributed by atoms with Gasteiger partial charge in [0.15, 0.2) is 17.3 Å². The zero-order chi connectivity index (χ0) is 16.9. The molecular formula is C15H19N9O. The number of rotatable bonds is 6. The number of ether oxygens (including phenoxy) is 1. The number of aromatic amines is 1. The lowest BCUT2D eigenvalue weighted by atomic mass is 10.4. The van der Waals surface area contributed by atoms with Gasteiger partial charge >= 0.3 is 0 Å². The summed E-state index contributed by atoms with van der Waals surface area (Å²) in [5, 5.41) is 6.42. The summed E-state index contributed by atoms with van der Waals surface area (Å²) in [6.45, 7) is 5.27. The zero-order valence-electron chi connectivity index (χ0n) is 13.6. The van der Waals surface area contributed by atoms with Gasteiger partial charge in [0, 0.05) is 38.6 Å². The van der Waals surface area contributed by atoms with Crippen LogP contribution in [0.4, 0.5) is 17.6 Å². The van der Waals surface area contributed by atoms with Crippen LogP contribution in [0.1, 0.15) is 0 Å². The molecular weight excluding hydrogens is 322 g/mol. The number of fused-ring (bicyclic) bond motifs is 1. The second kappa shape index (κ2) is 7.36. The molecule has 4 heterocycles. The summed E-state index contributed by atoms with van der Waals surface area (Å²) >= 11 is 0. The number of nitrogens with one attached hydrogen (secondary N) is 3. The predicted octanol–water partition coefficient (Wildman–Crippen LogP) is 0.631. The van der Waals surface area contributed by atoms with Gasteiger partial charge in [-0.15, -0.1) is 0 Å². The Labute approximate surface area is 144 Å². The number of nitrogens with zero attached hydrogens (tertiary/aromatic N) is 6. The molecule has 0 amide bonds. The Morgan fingerprint density at radius 1 is 1.16 bits per heavy atom. The third kappa shape index (κ3) is 3.80. The molecule has 0 spiro atoms. The van der Waals surface area contributed by atoms with Crippen molar-refractivity contribution in [3.05, 3.63) is 24.9 Å². The predicted molar refractivity (Wildman–Crippen MR) is 92.7 cm³/mol. The van der Waals surface area contributed by atoms with E-state index < -0.39 is 0 Å². The van der Waals surface area contributed by atoms with Gasteiger partial charge in [-0.2, -0.15) is 4.98 Å². The average molecular weight is 341 g/mol. The zero-order valence-corrected chi connectivity index (χ0v) is 13.6. The number of hydrogen-bond acceptors (Lipinski definition) is 9. The van der Waals surface area contributed by atoms with Gasteiger partial charge in [-0.25, -0.2) is 15.0 Å². The van der Waals surface area contributed by atoms with Gasteiger partial charge in [0.1, 0.15) is 11.8 Å². The fraction of sp³-hybridized carbons (Fsp3) is 0.400. The van der Waals surface area contributed by atoms with Crippen LogP contribution in [-0.4, -0.2) is 74.2 Å². The first-order chi connectivity index (χ1) is 12.4. The lowest BCUT2D eigenvalue weighted by Crippen LogP contribution is -2.39. The Balaban J connectivity index is 1.44. The summed E-state index contributed by atoms with van der Waals surface area (Å²) in [7, 11) is 0. The fourth-order valence-electron chi connectivity index (χ4n) is 2.66. The Bertz CT molecular complexity index is 816. The molecule has 10 nitrogen and oxygen atoms in total. The molecule has 0 radical (unpaired) electrons. The molecule has 1 aliphatic heterocycles. The number of aromatic nitrogens is 6. The first kappa shape index (κ1) is 15.7. The van der Waals surface area contributed by atoms with Gasteiger partial charge in [-0.1, -0.05) is 0 Å². The molecule has 0 bridgehead atoms. The summed E-state index contributed by atoms with van der Waals surface area (Å²) in [5.41, 5.74) is 1.35. The number of anilines is 3. The summed E-state index contributed by atoms with van der Waals surface area (Å²) in [5.74, 6) is 1.89. The van der Waals surface area contributed by atoms with E-state index in [1.807, 2.05) is 0 Å². The third-order valence-electron chi connectivity index (χ3n) is 3.92. The lowest BCUT2D eigenvalue weighted by molar-refractivity contribution is 0.0398. The molecule has 25 heavy (non-hydrogen) atoms. The van der Waals surface area contributed by atoms with Crippen molar-refractivity contribution in [2.45, 2.75) is 0 Å². The van der Waals surface area contributed by atoms with E-state index in [1.54, 1.807) is 18.6 Å². The van der Waals surface area contributed by atoms with Crippen molar-refractivity contribution in [2.24, 2.45) is 0 Å². The highest BCUT2D eigenvalue weighted by atomic mass is 16.5. The monoisotopic (exact) mass is 341 g/mol. The topological polar surface area (TPSA) is 117 Å². The van der Waals surface area contributed by atoms with Crippen LogP contribution in [0, 0.1) is 0 Å². The van der Waals surface area contributed by atoms with E-state index in [0.717, 1.165) is 50.7 Å². The highest BCUT2D eigenvalue weighted by Crippen LogP contribution is 2.20. The second-order valence-electron chi connectivity index (χ2n) is 5.60. The van der Waals surface area contributed by atoms with E-state index in [9.17, 15) is 0 Å². The van der Waals surface area contributed by atoms with Gasteiger partial charge in [-0.05, 0) is 0 Å². The van der Waals surface area contributed by atoms with Crippen molar-refractivity contribution in [3.8, 4) is 0 Å². The smallest absolute Gasteiger partial charge is 0.208 e. The number of morpholine rings is 1. The highest BCUT2D eigenvalue weighted by Gasteiger charge is 2.12. The van der Waals surface area contributed by atoms with Gasteiger partial charge in [0.2, 0.25) is 5.95 Å².